The fraction of sp³-hybridized carbons (Fsp3) is 0.125. The molecule has 0 fully saturated rings. The third-order valence-electron chi connectivity index (χ3n) is 1.34. The Labute approximate surface area is 64.4 Å². The Hall–Kier alpha value is -1.51. The summed E-state index contributed by atoms with van der Waals surface area (Å²) < 4.78 is 0. The molecule has 0 spiro atoms. The molecule has 0 aliphatic heterocycles. The summed E-state index contributed by atoms with van der Waals surface area (Å²) in [5.74, 6) is -0.831. The molecule has 0 atom stereocenters. The van der Waals surface area contributed by atoms with E-state index in [1.807, 2.05) is 0 Å². The second-order valence-electron chi connectivity index (χ2n) is 2.23. The highest BCUT2D eigenvalue weighted by molar-refractivity contribution is 5.70. The SMILES string of the molecule is C=Cc1c[nH]c(CC(=O)O)c1. The third-order valence-corrected chi connectivity index (χ3v) is 1.34. The van der Waals surface area contributed by atoms with E-state index < -0.39 is 5.97 Å². The molecule has 0 saturated carbocycles. The van der Waals surface area contributed by atoms with Gasteiger partial charge in [0.2, 0.25) is 0 Å². The maximum absolute atomic E-state index is 10.2. The Morgan fingerprint density at radius 2 is 2.55 bits per heavy atom. The molecule has 0 unspecified atom stereocenters. The first-order chi connectivity index (χ1) is 5.22. The highest BCUT2D eigenvalue weighted by Gasteiger charge is 2.00. The summed E-state index contributed by atoms with van der Waals surface area (Å²) in [5, 5.41) is 8.40. The maximum atomic E-state index is 10.2. The molecule has 0 saturated heterocycles. The lowest BCUT2D eigenvalue weighted by Gasteiger charge is -1.87. The summed E-state index contributed by atoms with van der Waals surface area (Å²) >= 11 is 0. The van der Waals surface area contributed by atoms with Crippen LogP contribution in [0.15, 0.2) is 18.8 Å². The van der Waals surface area contributed by atoms with Gasteiger partial charge in [0.1, 0.15) is 0 Å². The van der Waals surface area contributed by atoms with Crippen LogP contribution in [0.5, 0.6) is 0 Å². The summed E-state index contributed by atoms with van der Waals surface area (Å²) in [6.45, 7) is 3.56. The third kappa shape index (κ3) is 1.97. The van der Waals surface area contributed by atoms with Gasteiger partial charge in [-0.1, -0.05) is 12.7 Å². The monoisotopic (exact) mass is 151 g/mol. The maximum Gasteiger partial charge on any atom is 0.309 e. The first-order valence-corrected chi connectivity index (χ1v) is 3.24. The van der Waals surface area contributed by atoms with Crippen LogP contribution in [-0.2, 0) is 11.2 Å². The van der Waals surface area contributed by atoms with Crippen molar-refractivity contribution in [2.75, 3.05) is 0 Å². The van der Waals surface area contributed by atoms with Gasteiger partial charge < -0.3 is 10.1 Å². The quantitative estimate of drug-likeness (QED) is 0.683. The smallest absolute Gasteiger partial charge is 0.309 e. The van der Waals surface area contributed by atoms with E-state index >= 15 is 0 Å². The minimum atomic E-state index is -0.831. The number of aromatic amines is 1. The van der Waals surface area contributed by atoms with Gasteiger partial charge in [0.25, 0.3) is 0 Å². The van der Waals surface area contributed by atoms with E-state index in [0.717, 1.165) is 5.56 Å². The topological polar surface area (TPSA) is 53.1 Å². The van der Waals surface area contributed by atoms with Crippen LogP contribution in [0.1, 0.15) is 11.3 Å². The molecule has 1 aromatic heterocycles. The molecule has 58 valence electrons. The van der Waals surface area contributed by atoms with Gasteiger partial charge in [-0.2, -0.15) is 0 Å². The predicted molar refractivity (Wildman–Crippen MR) is 42.2 cm³/mol. The Kier molecular flexibility index (Phi) is 2.11. The van der Waals surface area contributed by atoms with Crippen LogP contribution in [0.2, 0.25) is 0 Å². The highest BCUT2D eigenvalue weighted by atomic mass is 16.4. The van der Waals surface area contributed by atoms with Crippen molar-refractivity contribution in [2.45, 2.75) is 6.42 Å². The van der Waals surface area contributed by atoms with E-state index in [9.17, 15) is 4.79 Å². The van der Waals surface area contributed by atoms with Crippen LogP contribution >= 0.6 is 0 Å². The van der Waals surface area contributed by atoms with E-state index in [1.54, 1.807) is 18.3 Å². The van der Waals surface area contributed by atoms with Gasteiger partial charge in [-0.05, 0) is 11.6 Å². The Morgan fingerprint density at radius 1 is 1.82 bits per heavy atom. The molecule has 0 aromatic carbocycles. The minimum Gasteiger partial charge on any atom is -0.481 e. The standard InChI is InChI=1S/C8H9NO2/c1-2-6-3-7(9-5-6)4-8(10)11/h2-3,5,9H,1,4H2,(H,10,11). The van der Waals surface area contributed by atoms with Crippen LogP contribution in [0, 0.1) is 0 Å². The normalized spacial score (nSPS) is 9.45. The molecule has 11 heavy (non-hydrogen) atoms. The van der Waals surface area contributed by atoms with Crippen molar-refractivity contribution in [3.05, 3.63) is 30.1 Å². The molecular formula is C8H9NO2. The molecule has 0 bridgehead atoms. The second-order valence-corrected chi connectivity index (χ2v) is 2.23. The summed E-state index contributed by atoms with van der Waals surface area (Å²) in [7, 11) is 0. The minimum absolute atomic E-state index is 0.0356. The van der Waals surface area contributed by atoms with Crippen molar-refractivity contribution in [1.29, 1.82) is 0 Å². The summed E-state index contributed by atoms with van der Waals surface area (Å²) in [5.41, 5.74) is 1.62. The number of carboxylic acids is 1. The molecule has 3 heteroatoms. The fourth-order valence-electron chi connectivity index (χ4n) is 0.843. The average Bonchev–Trinajstić information content (AvgIpc) is 2.34. The number of rotatable bonds is 3. The van der Waals surface area contributed by atoms with Crippen molar-refractivity contribution in [3.63, 3.8) is 0 Å². The summed E-state index contributed by atoms with van der Waals surface area (Å²) in [4.78, 5) is 13.1. The zero-order valence-electron chi connectivity index (χ0n) is 6.00. The summed E-state index contributed by atoms with van der Waals surface area (Å²) in [6.07, 6.45) is 3.43. The first-order valence-electron chi connectivity index (χ1n) is 3.24. The van der Waals surface area contributed by atoms with Crippen molar-refractivity contribution in [1.82, 2.24) is 4.98 Å². The predicted octanol–water partition coefficient (Wildman–Crippen LogP) is 1.28. The molecular weight excluding hydrogens is 142 g/mol. The number of nitrogens with one attached hydrogen (secondary N) is 1. The molecule has 3 nitrogen and oxygen atoms in total. The van der Waals surface area contributed by atoms with Crippen molar-refractivity contribution < 1.29 is 9.90 Å². The van der Waals surface area contributed by atoms with Crippen LogP contribution in [0.3, 0.4) is 0 Å². The zero-order chi connectivity index (χ0) is 8.27. The van der Waals surface area contributed by atoms with Crippen LogP contribution in [0.25, 0.3) is 6.08 Å². The van der Waals surface area contributed by atoms with Gasteiger partial charge in [-0.15, -0.1) is 0 Å². The van der Waals surface area contributed by atoms with Gasteiger partial charge in [0.15, 0.2) is 0 Å². The van der Waals surface area contributed by atoms with E-state index in [4.69, 9.17) is 5.11 Å². The Bertz CT molecular complexity index is 275. The van der Waals surface area contributed by atoms with E-state index in [2.05, 4.69) is 11.6 Å². The molecule has 2 N–H and O–H groups in total. The number of H-pyrrole nitrogens is 1. The molecule has 0 aliphatic rings. The largest absolute Gasteiger partial charge is 0.481 e. The van der Waals surface area contributed by atoms with Crippen molar-refractivity contribution >= 4 is 12.0 Å². The molecule has 0 amide bonds. The van der Waals surface area contributed by atoms with Gasteiger partial charge in [-0.25, -0.2) is 0 Å². The highest BCUT2D eigenvalue weighted by Crippen LogP contribution is 2.04. The second kappa shape index (κ2) is 3.05. The van der Waals surface area contributed by atoms with Crippen molar-refractivity contribution in [3.8, 4) is 0 Å². The number of hydrogen-bond acceptors (Lipinski definition) is 1. The number of hydrogen-bond donors (Lipinski definition) is 2. The zero-order valence-corrected chi connectivity index (χ0v) is 6.00. The van der Waals surface area contributed by atoms with E-state index in [-0.39, 0.29) is 6.42 Å². The first kappa shape index (κ1) is 7.60. The lowest BCUT2D eigenvalue weighted by molar-refractivity contribution is -0.136. The van der Waals surface area contributed by atoms with Gasteiger partial charge in [-0.3, -0.25) is 4.79 Å². The van der Waals surface area contributed by atoms with E-state index in [1.165, 1.54) is 0 Å². The Morgan fingerprint density at radius 3 is 3.00 bits per heavy atom. The van der Waals surface area contributed by atoms with E-state index in [0.29, 0.717) is 5.69 Å². The van der Waals surface area contributed by atoms with Crippen molar-refractivity contribution in [2.24, 2.45) is 0 Å². The lowest BCUT2D eigenvalue weighted by Crippen LogP contribution is -1.99. The lowest BCUT2D eigenvalue weighted by atomic mass is 10.2. The average molecular weight is 151 g/mol. The number of aliphatic carboxylic acids is 1. The molecule has 1 rings (SSSR count). The fourth-order valence-corrected chi connectivity index (χ4v) is 0.843. The Balaban J connectivity index is 2.72. The van der Waals surface area contributed by atoms with Gasteiger partial charge >= 0.3 is 5.97 Å². The van der Waals surface area contributed by atoms with Gasteiger partial charge in [0, 0.05) is 11.9 Å². The van der Waals surface area contributed by atoms with Crippen LogP contribution < -0.4 is 0 Å². The molecule has 1 heterocycles. The number of aromatic nitrogens is 1. The molecule has 0 radical (unpaired) electrons. The molecule has 1 aromatic rings. The number of carboxylic acid groups (broad SMARTS) is 1. The van der Waals surface area contributed by atoms with Gasteiger partial charge in [0.05, 0.1) is 6.42 Å². The van der Waals surface area contributed by atoms with Crippen LogP contribution in [-0.4, -0.2) is 16.1 Å². The molecule has 0 aliphatic carbocycles. The van der Waals surface area contributed by atoms with Crippen LogP contribution in [0.4, 0.5) is 0 Å². The summed E-state index contributed by atoms with van der Waals surface area (Å²) in [6, 6.07) is 1.76. The number of carbonyl (C=O) groups is 1.